The fraction of sp³-hybridized carbons (Fsp3) is 0.611. The molecular formula is C18H25F2N3. The van der Waals surface area contributed by atoms with Gasteiger partial charge in [-0.15, -0.1) is 0 Å². The molecule has 126 valence electrons. The third-order valence-electron chi connectivity index (χ3n) is 5.16. The molecule has 0 aromatic heterocycles. The van der Waals surface area contributed by atoms with E-state index in [1.54, 1.807) is 12.1 Å². The van der Waals surface area contributed by atoms with Crippen molar-refractivity contribution in [1.82, 2.24) is 10.2 Å². The van der Waals surface area contributed by atoms with Crippen molar-refractivity contribution in [3.8, 4) is 0 Å². The highest BCUT2D eigenvalue weighted by molar-refractivity contribution is 5.80. The van der Waals surface area contributed by atoms with Crippen molar-refractivity contribution in [3.05, 3.63) is 35.4 Å². The van der Waals surface area contributed by atoms with Gasteiger partial charge in [-0.25, -0.2) is 8.78 Å². The number of nitrogens with zero attached hydrogens (tertiary/aromatic N) is 2. The number of hydrogen-bond donors (Lipinski definition) is 1. The fourth-order valence-corrected chi connectivity index (χ4v) is 3.65. The van der Waals surface area contributed by atoms with Crippen molar-refractivity contribution < 1.29 is 8.78 Å². The van der Waals surface area contributed by atoms with Crippen LogP contribution < -0.4 is 5.32 Å². The predicted molar refractivity (Wildman–Crippen MR) is 88.5 cm³/mol. The van der Waals surface area contributed by atoms with E-state index < -0.39 is 11.6 Å². The van der Waals surface area contributed by atoms with Gasteiger partial charge in [0.2, 0.25) is 0 Å². The van der Waals surface area contributed by atoms with Gasteiger partial charge in [-0.2, -0.15) is 0 Å². The van der Waals surface area contributed by atoms with E-state index in [1.165, 1.54) is 25.7 Å². The summed E-state index contributed by atoms with van der Waals surface area (Å²) in [4.78, 5) is 6.95. The molecule has 0 amide bonds. The van der Waals surface area contributed by atoms with Crippen LogP contribution in [-0.4, -0.2) is 37.0 Å². The number of benzene rings is 1. The molecule has 0 unspecified atom stereocenters. The number of aliphatic imine (C=N–C) groups is 1. The lowest BCUT2D eigenvalue weighted by Crippen LogP contribution is -2.42. The Hall–Kier alpha value is -1.65. The molecule has 1 saturated carbocycles. The standard InChI is InChI=1S/C18H25F2N3/c1-2-21-17(23-12-10-18(13-23)8-4-9-18)22-11-7-14-5-3-6-15(19)16(14)20/h3,5-6H,2,4,7-13H2,1H3,(H,21,22). The molecule has 1 saturated heterocycles. The van der Waals surface area contributed by atoms with E-state index in [-0.39, 0.29) is 0 Å². The molecule has 23 heavy (non-hydrogen) atoms. The van der Waals surface area contributed by atoms with Gasteiger partial charge in [0, 0.05) is 26.2 Å². The van der Waals surface area contributed by atoms with E-state index >= 15 is 0 Å². The summed E-state index contributed by atoms with van der Waals surface area (Å²) in [6.07, 6.45) is 5.67. The quantitative estimate of drug-likeness (QED) is 0.680. The van der Waals surface area contributed by atoms with Crippen LogP contribution in [-0.2, 0) is 6.42 Å². The van der Waals surface area contributed by atoms with Crippen LogP contribution in [0.1, 0.15) is 38.2 Å². The van der Waals surface area contributed by atoms with Crippen molar-refractivity contribution in [2.45, 2.75) is 39.0 Å². The van der Waals surface area contributed by atoms with Crippen molar-refractivity contribution in [3.63, 3.8) is 0 Å². The molecule has 1 N–H and O–H groups in total. The van der Waals surface area contributed by atoms with Gasteiger partial charge in [0.15, 0.2) is 17.6 Å². The Bertz CT molecular complexity index is 582. The summed E-state index contributed by atoms with van der Waals surface area (Å²) in [5.74, 6) is -0.625. The highest BCUT2D eigenvalue weighted by Crippen LogP contribution is 2.47. The van der Waals surface area contributed by atoms with Crippen molar-refractivity contribution in [2.75, 3.05) is 26.2 Å². The second kappa shape index (κ2) is 6.85. The number of guanidine groups is 1. The molecule has 1 heterocycles. The topological polar surface area (TPSA) is 27.6 Å². The van der Waals surface area contributed by atoms with E-state index in [1.807, 2.05) is 0 Å². The Balaban J connectivity index is 1.62. The van der Waals surface area contributed by atoms with Crippen LogP contribution in [0.25, 0.3) is 0 Å². The summed E-state index contributed by atoms with van der Waals surface area (Å²) < 4.78 is 26.9. The highest BCUT2D eigenvalue weighted by Gasteiger charge is 2.43. The molecule has 2 aliphatic rings. The molecule has 3 nitrogen and oxygen atoms in total. The zero-order valence-corrected chi connectivity index (χ0v) is 13.7. The lowest BCUT2D eigenvalue weighted by Gasteiger charge is -2.38. The summed E-state index contributed by atoms with van der Waals surface area (Å²) in [6, 6.07) is 4.32. The Morgan fingerprint density at radius 3 is 2.78 bits per heavy atom. The first-order valence-electron chi connectivity index (χ1n) is 8.60. The Morgan fingerprint density at radius 2 is 2.13 bits per heavy atom. The summed E-state index contributed by atoms with van der Waals surface area (Å²) in [5.41, 5.74) is 0.909. The van der Waals surface area contributed by atoms with Crippen LogP contribution in [0.5, 0.6) is 0 Å². The first-order chi connectivity index (χ1) is 11.1. The Labute approximate surface area is 136 Å². The summed E-state index contributed by atoms with van der Waals surface area (Å²) >= 11 is 0. The van der Waals surface area contributed by atoms with Gasteiger partial charge in [0.25, 0.3) is 0 Å². The number of rotatable bonds is 4. The second-order valence-electron chi connectivity index (χ2n) is 6.72. The summed E-state index contributed by atoms with van der Waals surface area (Å²) in [6.45, 7) is 5.45. The molecular weight excluding hydrogens is 296 g/mol. The smallest absolute Gasteiger partial charge is 0.193 e. The van der Waals surface area contributed by atoms with Crippen LogP contribution >= 0.6 is 0 Å². The molecule has 0 radical (unpaired) electrons. The third-order valence-corrected chi connectivity index (χ3v) is 5.16. The maximum atomic E-state index is 13.7. The van der Waals surface area contributed by atoms with Crippen LogP contribution in [0.4, 0.5) is 8.78 Å². The van der Waals surface area contributed by atoms with Gasteiger partial charge in [0.1, 0.15) is 0 Å². The van der Waals surface area contributed by atoms with Crippen molar-refractivity contribution in [1.29, 1.82) is 0 Å². The van der Waals surface area contributed by atoms with E-state index in [2.05, 4.69) is 22.1 Å². The van der Waals surface area contributed by atoms with E-state index in [9.17, 15) is 8.78 Å². The molecule has 1 aromatic rings. The Kier molecular flexibility index (Phi) is 4.83. The molecule has 0 atom stereocenters. The minimum absolute atomic E-state index is 0.390. The van der Waals surface area contributed by atoms with Crippen LogP contribution in [0.15, 0.2) is 23.2 Å². The van der Waals surface area contributed by atoms with Gasteiger partial charge in [0.05, 0.1) is 0 Å². The van der Waals surface area contributed by atoms with Gasteiger partial charge >= 0.3 is 0 Å². The largest absolute Gasteiger partial charge is 0.357 e. The third kappa shape index (κ3) is 3.48. The molecule has 1 aromatic carbocycles. The van der Waals surface area contributed by atoms with E-state index in [0.717, 1.165) is 31.7 Å². The maximum absolute atomic E-state index is 13.7. The minimum Gasteiger partial charge on any atom is -0.357 e. The zero-order valence-electron chi connectivity index (χ0n) is 13.7. The molecule has 1 aliphatic heterocycles. The number of likely N-dealkylation sites (tertiary alicyclic amines) is 1. The lowest BCUT2D eigenvalue weighted by atomic mass is 9.68. The average Bonchev–Trinajstić information content (AvgIpc) is 2.96. The average molecular weight is 321 g/mol. The molecule has 2 fully saturated rings. The monoisotopic (exact) mass is 321 g/mol. The van der Waals surface area contributed by atoms with Gasteiger partial charge in [-0.3, -0.25) is 4.99 Å². The van der Waals surface area contributed by atoms with Gasteiger partial charge in [-0.05, 0) is 49.7 Å². The van der Waals surface area contributed by atoms with E-state index in [4.69, 9.17) is 0 Å². The second-order valence-corrected chi connectivity index (χ2v) is 6.72. The minimum atomic E-state index is -0.787. The lowest BCUT2D eigenvalue weighted by molar-refractivity contribution is 0.151. The Morgan fingerprint density at radius 1 is 1.30 bits per heavy atom. The van der Waals surface area contributed by atoms with Crippen LogP contribution in [0.3, 0.4) is 0 Å². The van der Waals surface area contributed by atoms with Gasteiger partial charge < -0.3 is 10.2 Å². The zero-order chi connectivity index (χ0) is 16.3. The van der Waals surface area contributed by atoms with E-state index in [0.29, 0.717) is 23.9 Å². The predicted octanol–water partition coefficient (Wildman–Crippen LogP) is 3.35. The van der Waals surface area contributed by atoms with Gasteiger partial charge in [-0.1, -0.05) is 18.6 Å². The number of halogens is 2. The van der Waals surface area contributed by atoms with Crippen molar-refractivity contribution >= 4 is 5.96 Å². The molecule has 1 spiro atoms. The van der Waals surface area contributed by atoms with Crippen molar-refractivity contribution in [2.24, 2.45) is 10.4 Å². The molecule has 3 rings (SSSR count). The van der Waals surface area contributed by atoms with Crippen LogP contribution in [0.2, 0.25) is 0 Å². The number of hydrogen-bond acceptors (Lipinski definition) is 1. The first kappa shape index (κ1) is 16.2. The SMILES string of the molecule is CCNC(=NCCc1cccc(F)c1F)N1CCC2(CCC2)C1. The normalized spacial score (nSPS) is 20.0. The first-order valence-corrected chi connectivity index (χ1v) is 8.60. The maximum Gasteiger partial charge on any atom is 0.193 e. The summed E-state index contributed by atoms with van der Waals surface area (Å²) in [7, 11) is 0. The summed E-state index contributed by atoms with van der Waals surface area (Å²) in [5, 5.41) is 3.33. The molecule has 1 aliphatic carbocycles. The molecule has 5 heteroatoms. The fourth-order valence-electron chi connectivity index (χ4n) is 3.65. The number of nitrogens with one attached hydrogen (secondary N) is 1. The molecule has 0 bridgehead atoms. The van der Waals surface area contributed by atoms with Crippen LogP contribution in [0, 0.1) is 17.0 Å². The highest BCUT2D eigenvalue weighted by atomic mass is 19.2.